The quantitative estimate of drug-likeness (QED) is 0.510. The largest absolute Gasteiger partial charge is 0.325 e. The second-order valence-corrected chi connectivity index (χ2v) is 4.21. The molecular weight excluding hydrogens is 154 g/mol. The third-order valence-corrected chi connectivity index (χ3v) is 2.55. The Hall–Kier alpha value is 0.600. The van der Waals surface area contributed by atoms with Crippen molar-refractivity contribution in [1.29, 1.82) is 0 Å². The van der Waals surface area contributed by atoms with Crippen molar-refractivity contribution in [3.8, 4) is 0 Å². The highest BCUT2D eigenvalue weighted by Gasteiger charge is 2.08. The summed E-state index contributed by atoms with van der Waals surface area (Å²) in [5.74, 6) is 2.71. The Morgan fingerprint density at radius 2 is 2.11 bits per heavy atom. The number of thioether (sulfide) groups is 1. The van der Waals surface area contributed by atoms with Gasteiger partial charge in [0.1, 0.15) is 0 Å². The molecule has 0 radical (unpaired) electrons. The van der Waals surface area contributed by atoms with Crippen molar-refractivity contribution in [3.05, 3.63) is 0 Å². The van der Waals surface area contributed by atoms with Gasteiger partial charge in [-0.3, -0.25) is 0 Å². The maximum absolute atomic E-state index is 5.71. The number of hydrogen-bond donors (Lipinski definition) is 1. The molecule has 0 aromatic carbocycles. The Labute approximate surface area is 66.3 Å². The highest BCUT2D eigenvalue weighted by molar-refractivity contribution is 7.99. The zero-order valence-corrected chi connectivity index (χ0v) is 7.56. The molecular formula is C6H14ClNS. The van der Waals surface area contributed by atoms with Gasteiger partial charge in [0.25, 0.3) is 0 Å². The fourth-order valence-electron chi connectivity index (χ4n) is 0.390. The molecule has 0 spiro atoms. The van der Waals surface area contributed by atoms with Crippen molar-refractivity contribution in [2.24, 2.45) is 5.73 Å². The number of hydrogen-bond acceptors (Lipinski definition) is 2. The van der Waals surface area contributed by atoms with Crippen molar-refractivity contribution in [1.82, 2.24) is 0 Å². The average Bonchev–Trinajstić information content (AvgIpc) is 1.63. The van der Waals surface area contributed by atoms with E-state index in [-0.39, 0.29) is 5.54 Å². The Balaban J connectivity index is 3.07. The first kappa shape index (κ1) is 9.60. The molecule has 2 N–H and O–H groups in total. The minimum absolute atomic E-state index is 0.0449. The van der Waals surface area contributed by atoms with Gasteiger partial charge in [-0.05, 0) is 13.8 Å². The second kappa shape index (κ2) is 4.42. The summed E-state index contributed by atoms with van der Waals surface area (Å²) >= 11 is 7.27. The molecule has 56 valence electrons. The summed E-state index contributed by atoms with van der Waals surface area (Å²) < 4.78 is 0. The third kappa shape index (κ3) is 8.60. The summed E-state index contributed by atoms with van der Waals surface area (Å²) in [5, 5.41) is 0. The van der Waals surface area contributed by atoms with E-state index in [1.54, 1.807) is 11.8 Å². The first-order valence-electron chi connectivity index (χ1n) is 2.99. The van der Waals surface area contributed by atoms with Gasteiger partial charge in [-0.15, -0.1) is 11.6 Å². The lowest BCUT2D eigenvalue weighted by Crippen LogP contribution is -2.34. The Bertz CT molecular complexity index is 69.9. The molecule has 3 heteroatoms. The predicted octanol–water partition coefficient (Wildman–Crippen LogP) is 1.70. The molecule has 0 rings (SSSR count). The van der Waals surface area contributed by atoms with Crippen LogP contribution in [0.1, 0.15) is 13.8 Å². The summed E-state index contributed by atoms with van der Waals surface area (Å²) in [6, 6.07) is 0. The van der Waals surface area contributed by atoms with E-state index < -0.39 is 0 Å². The molecule has 0 fully saturated rings. The Kier molecular flexibility index (Phi) is 4.72. The zero-order chi connectivity index (χ0) is 7.33. The molecule has 0 atom stereocenters. The van der Waals surface area contributed by atoms with Crippen LogP contribution in [0.2, 0.25) is 0 Å². The molecule has 0 aromatic rings. The van der Waals surface area contributed by atoms with Gasteiger partial charge in [0, 0.05) is 22.9 Å². The van der Waals surface area contributed by atoms with Crippen LogP contribution in [0, 0.1) is 0 Å². The summed E-state index contributed by atoms with van der Waals surface area (Å²) in [5.41, 5.74) is 5.67. The highest BCUT2D eigenvalue weighted by atomic mass is 35.5. The standard InChI is InChI=1S/C6H14ClNS/c1-6(2,8)5-9-4-3-7/h3-5,8H2,1-2H3. The minimum Gasteiger partial charge on any atom is -0.325 e. The number of rotatable bonds is 4. The summed E-state index contributed by atoms with van der Waals surface area (Å²) in [7, 11) is 0. The molecule has 0 heterocycles. The van der Waals surface area contributed by atoms with Crippen LogP contribution < -0.4 is 5.73 Å². The fourth-order valence-corrected chi connectivity index (χ4v) is 1.50. The molecule has 1 nitrogen and oxygen atoms in total. The topological polar surface area (TPSA) is 26.0 Å². The van der Waals surface area contributed by atoms with Gasteiger partial charge in [0.15, 0.2) is 0 Å². The second-order valence-electron chi connectivity index (χ2n) is 2.73. The minimum atomic E-state index is -0.0449. The Morgan fingerprint density at radius 1 is 1.56 bits per heavy atom. The maximum Gasteiger partial charge on any atom is 0.0314 e. The van der Waals surface area contributed by atoms with Gasteiger partial charge in [-0.25, -0.2) is 0 Å². The summed E-state index contributed by atoms with van der Waals surface area (Å²) in [6.07, 6.45) is 0. The molecule has 0 aliphatic carbocycles. The molecule has 0 aromatic heterocycles. The van der Waals surface area contributed by atoms with Crippen LogP contribution in [-0.2, 0) is 0 Å². The first-order chi connectivity index (χ1) is 4.06. The molecule has 0 amide bonds. The highest BCUT2D eigenvalue weighted by Crippen LogP contribution is 2.09. The number of nitrogens with two attached hydrogens (primary N) is 1. The van der Waals surface area contributed by atoms with Crippen LogP contribution >= 0.6 is 23.4 Å². The van der Waals surface area contributed by atoms with E-state index >= 15 is 0 Å². The monoisotopic (exact) mass is 167 g/mol. The van der Waals surface area contributed by atoms with Gasteiger partial charge in [-0.1, -0.05) is 0 Å². The SMILES string of the molecule is CC(C)(N)CSCCCl. The lowest BCUT2D eigenvalue weighted by Gasteiger charge is -2.16. The van der Waals surface area contributed by atoms with Crippen molar-refractivity contribution in [2.75, 3.05) is 17.4 Å². The van der Waals surface area contributed by atoms with E-state index in [9.17, 15) is 0 Å². The van der Waals surface area contributed by atoms with Crippen molar-refractivity contribution in [3.63, 3.8) is 0 Å². The van der Waals surface area contributed by atoms with Crippen LogP contribution in [0.3, 0.4) is 0 Å². The van der Waals surface area contributed by atoms with E-state index in [0.29, 0.717) is 0 Å². The van der Waals surface area contributed by atoms with Gasteiger partial charge in [-0.2, -0.15) is 11.8 Å². The van der Waals surface area contributed by atoms with Crippen LogP contribution in [0.5, 0.6) is 0 Å². The Morgan fingerprint density at radius 3 is 2.44 bits per heavy atom. The zero-order valence-electron chi connectivity index (χ0n) is 5.98. The van der Waals surface area contributed by atoms with E-state index in [1.165, 1.54) is 0 Å². The molecule has 9 heavy (non-hydrogen) atoms. The fraction of sp³-hybridized carbons (Fsp3) is 1.00. The van der Waals surface area contributed by atoms with Gasteiger partial charge in [0.05, 0.1) is 0 Å². The first-order valence-corrected chi connectivity index (χ1v) is 4.68. The summed E-state index contributed by atoms with van der Waals surface area (Å²) in [6.45, 7) is 4.04. The van der Waals surface area contributed by atoms with Gasteiger partial charge >= 0.3 is 0 Å². The summed E-state index contributed by atoms with van der Waals surface area (Å²) in [4.78, 5) is 0. The number of alkyl halides is 1. The van der Waals surface area contributed by atoms with Crippen molar-refractivity contribution < 1.29 is 0 Å². The van der Waals surface area contributed by atoms with Gasteiger partial charge < -0.3 is 5.73 Å². The lowest BCUT2D eigenvalue weighted by molar-refractivity contribution is 0.591. The molecule has 0 saturated heterocycles. The van der Waals surface area contributed by atoms with Crippen LogP contribution in [-0.4, -0.2) is 22.9 Å². The van der Waals surface area contributed by atoms with Gasteiger partial charge in [0.2, 0.25) is 0 Å². The molecule has 0 saturated carbocycles. The number of halogens is 1. The average molecular weight is 168 g/mol. The molecule has 0 unspecified atom stereocenters. The van der Waals surface area contributed by atoms with E-state index in [2.05, 4.69) is 0 Å². The van der Waals surface area contributed by atoms with Crippen LogP contribution in [0.25, 0.3) is 0 Å². The van der Waals surface area contributed by atoms with Crippen LogP contribution in [0.4, 0.5) is 0 Å². The van der Waals surface area contributed by atoms with E-state index in [0.717, 1.165) is 17.4 Å². The van der Waals surface area contributed by atoms with Crippen molar-refractivity contribution in [2.45, 2.75) is 19.4 Å². The van der Waals surface area contributed by atoms with E-state index in [4.69, 9.17) is 17.3 Å². The van der Waals surface area contributed by atoms with E-state index in [1.807, 2.05) is 13.8 Å². The molecule has 0 bridgehead atoms. The lowest BCUT2D eigenvalue weighted by atomic mass is 10.1. The van der Waals surface area contributed by atoms with Crippen molar-refractivity contribution >= 4 is 23.4 Å². The predicted molar refractivity (Wildman–Crippen MR) is 46.3 cm³/mol. The normalized spacial score (nSPS) is 12.0. The van der Waals surface area contributed by atoms with Crippen LogP contribution in [0.15, 0.2) is 0 Å². The molecule has 0 aliphatic heterocycles. The molecule has 0 aliphatic rings. The smallest absolute Gasteiger partial charge is 0.0314 e. The maximum atomic E-state index is 5.71. The third-order valence-electron chi connectivity index (χ3n) is 0.696.